The molecular weight excluding hydrogens is 961 g/mol. The Labute approximate surface area is 397 Å². The predicted octanol–water partition coefficient (Wildman–Crippen LogP) is -5.66. The van der Waals surface area contributed by atoms with E-state index in [0.717, 1.165) is 17.0 Å². The molecule has 368 valence electrons. The number of hydrogen-bond acceptors (Lipinski definition) is 16. The van der Waals surface area contributed by atoms with Gasteiger partial charge < -0.3 is 88.2 Å². The van der Waals surface area contributed by atoms with Crippen LogP contribution in [-0.4, -0.2) is 105 Å². The summed E-state index contributed by atoms with van der Waals surface area (Å²) in [6.07, 6.45) is -11.0. The number of rotatable bonds is 22. The van der Waals surface area contributed by atoms with Crippen molar-refractivity contribution in [1.29, 1.82) is 0 Å². The highest BCUT2D eigenvalue weighted by atomic mass is 35.5. The molecule has 0 aliphatic carbocycles. The Hall–Kier alpha value is -9.30. The van der Waals surface area contributed by atoms with Crippen molar-refractivity contribution in [2.24, 2.45) is 71.6 Å². The van der Waals surface area contributed by atoms with E-state index in [9.17, 15) is 54.1 Å². The van der Waals surface area contributed by atoms with Gasteiger partial charge in [0.1, 0.15) is 11.7 Å². The fourth-order valence-electron chi connectivity index (χ4n) is 5.57. The fraction of sp³-hybridized carbons (Fsp3) is 0.200. The van der Waals surface area contributed by atoms with E-state index in [1.807, 2.05) is 16.0 Å². The molecule has 0 aliphatic rings. The quantitative estimate of drug-likeness (QED) is 0.0147. The summed E-state index contributed by atoms with van der Waals surface area (Å²) in [6.45, 7) is -0.644. The Morgan fingerprint density at radius 1 is 0.580 bits per heavy atom. The molecule has 3 rings (SSSR count). The zero-order chi connectivity index (χ0) is 51.9. The highest BCUT2D eigenvalue weighted by Crippen LogP contribution is 2.36. The number of amides is 6. The number of carbonyl (C=O) groups is 6. The van der Waals surface area contributed by atoms with E-state index in [4.69, 9.17) is 74.8 Å². The van der Waals surface area contributed by atoms with Crippen LogP contribution in [0.25, 0.3) is 0 Å². The molecule has 6 unspecified atom stereocenters. The molecule has 3 aromatic rings. The fourth-order valence-corrected chi connectivity index (χ4v) is 6.08. The number of guanidine groups is 4. The number of nitro groups is 2. The average Bonchev–Trinajstić information content (AvgIpc) is 3.26. The predicted molar refractivity (Wildman–Crippen MR) is 246 cm³/mol. The van der Waals surface area contributed by atoms with Gasteiger partial charge in [0.05, 0.1) is 15.9 Å². The number of carbonyl (C=O) groups excluding carboxylic acids is 6. The minimum Gasteiger partial charge on any atom is -0.370 e. The monoisotopic (exact) mass is 1000 g/mol. The molecule has 0 saturated heterocycles. The number of benzene rings is 3. The molecule has 6 amide bonds. The minimum absolute atomic E-state index is 0.0215. The first-order valence-electron chi connectivity index (χ1n) is 18.8. The number of nitro benzene ring substituents is 2. The summed E-state index contributed by atoms with van der Waals surface area (Å²) in [5.41, 5.74) is 46.4. The number of aliphatic hydroxyl groups is 1. The summed E-state index contributed by atoms with van der Waals surface area (Å²) in [5.74, 6) is -11.5. The number of nitrogens with zero attached hydrogens (tertiary/aromatic N) is 7. The Morgan fingerprint density at radius 2 is 1.01 bits per heavy atom. The van der Waals surface area contributed by atoms with E-state index in [-0.39, 0.29) is 21.2 Å². The number of aliphatic hydroxyl groups excluding tert-OH is 1. The molecule has 24 N–H and O–H groups in total. The molecule has 0 radical (unpaired) electrons. The maximum absolute atomic E-state index is 14.2. The van der Waals surface area contributed by atoms with Crippen LogP contribution in [0.5, 0.6) is 0 Å². The van der Waals surface area contributed by atoms with Gasteiger partial charge in [-0.05, 0) is 23.8 Å². The van der Waals surface area contributed by atoms with E-state index in [0.29, 0.717) is 6.07 Å². The Kier molecular flexibility index (Phi) is 19.0. The maximum atomic E-state index is 14.2. The zero-order valence-electron chi connectivity index (χ0n) is 35.1. The van der Waals surface area contributed by atoms with Crippen LogP contribution in [0.4, 0.5) is 17.1 Å². The first-order chi connectivity index (χ1) is 32.3. The molecule has 3 aromatic carbocycles. The van der Waals surface area contributed by atoms with Gasteiger partial charge in [-0.15, -0.1) is 0 Å². The summed E-state index contributed by atoms with van der Waals surface area (Å²) in [6, 6.07) is 11.7. The van der Waals surface area contributed by atoms with Gasteiger partial charge in [0.25, 0.3) is 40.9 Å². The number of halogens is 2. The van der Waals surface area contributed by atoms with Gasteiger partial charge in [-0.1, -0.05) is 59.6 Å². The van der Waals surface area contributed by atoms with Gasteiger partial charge in [0.15, 0.2) is 23.8 Å². The second-order valence-electron chi connectivity index (χ2n) is 13.5. The SMILES string of the molecule is NC(=O)C(N=C(N)N)NC(=O)C(N=C(N)N)NC(=O)C(N=C(N)N)NC(=O)C(N=C(N)N)NC(=O)C(NC(=O)C(O)N(Cc1c(Cl)cccc1Cl)c1ccc([N+](=O)[O-])cc1[N+](=O)[O-])c1ccccc1. The summed E-state index contributed by atoms with van der Waals surface area (Å²) < 4.78 is 0. The molecule has 6 atom stereocenters. The van der Waals surface area contributed by atoms with Crippen LogP contribution in [-0.2, 0) is 35.3 Å². The first-order valence-corrected chi connectivity index (χ1v) is 19.6. The molecular formula is C35H43Cl2N21O11. The number of aliphatic imine (C=N–C) groups is 4. The third-order valence-corrected chi connectivity index (χ3v) is 9.23. The van der Waals surface area contributed by atoms with Crippen molar-refractivity contribution in [2.75, 3.05) is 4.90 Å². The lowest BCUT2D eigenvalue weighted by Gasteiger charge is -2.31. The third kappa shape index (κ3) is 15.7. The van der Waals surface area contributed by atoms with Gasteiger partial charge >= 0.3 is 0 Å². The Morgan fingerprint density at radius 3 is 1.43 bits per heavy atom. The van der Waals surface area contributed by atoms with E-state index in [1.54, 1.807) is 0 Å². The van der Waals surface area contributed by atoms with Crippen LogP contribution in [0, 0.1) is 20.2 Å². The molecule has 0 fully saturated rings. The summed E-state index contributed by atoms with van der Waals surface area (Å²) in [4.78, 5) is 117. The summed E-state index contributed by atoms with van der Waals surface area (Å²) in [7, 11) is 0. The summed E-state index contributed by atoms with van der Waals surface area (Å²) in [5, 5.41) is 45.7. The van der Waals surface area contributed by atoms with Crippen molar-refractivity contribution in [3.05, 3.63) is 108 Å². The molecule has 69 heavy (non-hydrogen) atoms. The summed E-state index contributed by atoms with van der Waals surface area (Å²) >= 11 is 12.7. The van der Waals surface area contributed by atoms with Crippen LogP contribution >= 0.6 is 23.2 Å². The minimum atomic E-state index is -2.48. The number of primary amides is 1. The van der Waals surface area contributed by atoms with Crippen LogP contribution in [0.1, 0.15) is 17.2 Å². The van der Waals surface area contributed by atoms with E-state index >= 15 is 0 Å². The van der Waals surface area contributed by atoms with Crippen LogP contribution < -0.4 is 83.1 Å². The molecule has 0 heterocycles. The first kappa shape index (κ1) is 54.0. The van der Waals surface area contributed by atoms with E-state index < -0.39 is 130 Å². The molecule has 0 aromatic heterocycles. The van der Waals surface area contributed by atoms with Gasteiger partial charge in [-0.25, -0.2) is 20.0 Å². The molecule has 32 nitrogen and oxygen atoms in total. The van der Waals surface area contributed by atoms with Crippen molar-refractivity contribution < 1.29 is 43.7 Å². The maximum Gasteiger partial charge on any atom is 0.299 e. The van der Waals surface area contributed by atoms with Crippen LogP contribution in [0.2, 0.25) is 10.0 Å². The van der Waals surface area contributed by atoms with Crippen molar-refractivity contribution in [1.82, 2.24) is 26.6 Å². The van der Waals surface area contributed by atoms with Crippen molar-refractivity contribution in [2.45, 2.75) is 43.5 Å². The highest BCUT2D eigenvalue weighted by molar-refractivity contribution is 6.36. The number of nitrogens with one attached hydrogen (secondary N) is 5. The lowest BCUT2D eigenvalue weighted by atomic mass is 10.1. The Bertz CT molecular complexity index is 2570. The second kappa shape index (κ2) is 24.3. The molecule has 0 saturated carbocycles. The van der Waals surface area contributed by atoms with Crippen LogP contribution in [0.15, 0.2) is 86.7 Å². The van der Waals surface area contributed by atoms with Gasteiger partial charge in [0, 0.05) is 28.2 Å². The number of non-ortho nitro benzene ring substituents is 1. The Balaban J connectivity index is 2.03. The topological polar surface area (TPSA) is 556 Å². The highest BCUT2D eigenvalue weighted by Gasteiger charge is 2.36. The standard InChI is InChI=1S/C35H43Cl2N21O11/c36-16-7-4-8-17(37)15(16)12-56(18-10-9-14(57(66)67)11-19(18)58(68)69)31(65)30(64)47-20(13-5-2-1-3-6-13)26(60)49-23(53-33(41)42)28(62)51-25(55-35(45)46)29(63)50-24(54-34(43)44)27(61)48-22(21(38)59)52-32(39)40/h1-11,20,22-25,31,65H,12H2,(H2,38,59)(H,47,64)(H,48,61)(H,49,60)(H,50,63)(H,51,62)(H4,39,40,52)(H4,41,42,53)(H4,43,44,54)(H4,45,46,55). The van der Waals surface area contributed by atoms with E-state index in [2.05, 4.69) is 30.6 Å². The van der Waals surface area contributed by atoms with Crippen molar-refractivity contribution in [3.8, 4) is 0 Å². The van der Waals surface area contributed by atoms with Crippen molar-refractivity contribution in [3.63, 3.8) is 0 Å². The van der Waals surface area contributed by atoms with Crippen molar-refractivity contribution >= 4 is 99.5 Å². The lowest BCUT2D eigenvalue weighted by Crippen LogP contribution is -2.58. The largest absolute Gasteiger partial charge is 0.370 e. The zero-order valence-corrected chi connectivity index (χ0v) is 36.6. The number of nitrogens with two attached hydrogens (primary N) is 9. The molecule has 34 heteroatoms. The van der Waals surface area contributed by atoms with E-state index in [1.165, 1.54) is 48.5 Å². The molecule has 0 bridgehead atoms. The van der Waals surface area contributed by atoms with Gasteiger partial charge in [-0.3, -0.25) is 49.0 Å². The van der Waals surface area contributed by atoms with Gasteiger partial charge in [0.2, 0.25) is 36.8 Å². The normalized spacial score (nSPS) is 13.1. The molecule has 0 aliphatic heterocycles. The lowest BCUT2D eigenvalue weighted by molar-refractivity contribution is -0.393. The third-order valence-electron chi connectivity index (χ3n) is 8.52. The van der Waals surface area contributed by atoms with Gasteiger partial charge in [-0.2, -0.15) is 0 Å². The second-order valence-corrected chi connectivity index (χ2v) is 14.3. The van der Waals surface area contributed by atoms with Crippen LogP contribution in [0.3, 0.4) is 0 Å². The number of anilines is 1. The smallest absolute Gasteiger partial charge is 0.299 e. The number of hydrogen-bond donors (Lipinski definition) is 15. The average molecular weight is 1000 g/mol. The molecule has 0 spiro atoms.